The second kappa shape index (κ2) is 5.61. The van der Waals surface area contributed by atoms with Crippen molar-refractivity contribution in [3.05, 3.63) is 0 Å². The van der Waals surface area contributed by atoms with E-state index in [1.165, 1.54) is 19.3 Å². The van der Waals surface area contributed by atoms with Gasteiger partial charge in [-0.15, -0.1) is 12.4 Å². The number of hydrogen-bond acceptors (Lipinski definition) is 2. The molecule has 3 rings (SSSR count). The summed E-state index contributed by atoms with van der Waals surface area (Å²) in [5.74, 6) is 1.73. The molecule has 3 atom stereocenters. The van der Waals surface area contributed by atoms with E-state index in [0.717, 1.165) is 38.8 Å². The lowest BCUT2D eigenvalue weighted by Crippen LogP contribution is -2.42. The summed E-state index contributed by atoms with van der Waals surface area (Å²) in [6.07, 6.45) is 8.11. The van der Waals surface area contributed by atoms with E-state index >= 15 is 0 Å². The molecule has 0 bridgehead atoms. The number of fused-ring (bicyclic) bond motifs is 1. The number of hydrogen-bond donors (Lipinski definition) is 1. The fourth-order valence-electron chi connectivity index (χ4n) is 4.58. The molecular weight excluding hydrogens is 260 g/mol. The summed E-state index contributed by atoms with van der Waals surface area (Å²) in [6, 6.07) is 0.342. The Bertz CT molecular complexity index is 341. The number of nitrogens with zero attached hydrogens (tertiary/aromatic N) is 1. The zero-order valence-electron chi connectivity index (χ0n) is 11.9. The Morgan fingerprint density at radius 3 is 2.53 bits per heavy atom. The highest BCUT2D eigenvalue weighted by Gasteiger charge is 2.48. The van der Waals surface area contributed by atoms with Crippen molar-refractivity contribution < 1.29 is 4.79 Å². The molecule has 1 aliphatic heterocycles. The van der Waals surface area contributed by atoms with Gasteiger partial charge in [-0.25, -0.2) is 0 Å². The van der Waals surface area contributed by atoms with Gasteiger partial charge in [0.05, 0.1) is 0 Å². The first-order valence-corrected chi connectivity index (χ1v) is 7.71. The maximum absolute atomic E-state index is 12.8. The zero-order chi connectivity index (χ0) is 12.8. The number of likely N-dealkylation sites (tertiary alicyclic amines) is 1. The molecule has 1 heterocycles. The molecule has 2 aliphatic carbocycles. The van der Waals surface area contributed by atoms with Gasteiger partial charge in [-0.3, -0.25) is 4.79 Å². The van der Waals surface area contributed by atoms with Gasteiger partial charge in [-0.05, 0) is 43.9 Å². The lowest BCUT2D eigenvalue weighted by molar-refractivity contribution is -0.141. The number of nitrogens with two attached hydrogens (primary N) is 1. The standard InChI is InChI=1S/C15H26N2O.ClH/c1-2-15(7-3-4-8-15)14(18)17-9-11-5-6-13(16)12(11)10-17;/h11-13H,2-10,16H2,1H3;1H. The maximum atomic E-state index is 12.8. The molecule has 0 spiro atoms. The molecule has 0 aromatic carbocycles. The van der Waals surface area contributed by atoms with Gasteiger partial charge in [-0.2, -0.15) is 0 Å². The smallest absolute Gasteiger partial charge is 0.228 e. The van der Waals surface area contributed by atoms with Gasteiger partial charge >= 0.3 is 0 Å². The van der Waals surface area contributed by atoms with Crippen molar-refractivity contribution in [1.29, 1.82) is 0 Å². The van der Waals surface area contributed by atoms with Crippen LogP contribution in [-0.2, 0) is 4.79 Å². The summed E-state index contributed by atoms with van der Waals surface area (Å²) in [5.41, 5.74) is 6.15. The van der Waals surface area contributed by atoms with Crippen molar-refractivity contribution in [1.82, 2.24) is 4.90 Å². The van der Waals surface area contributed by atoms with E-state index < -0.39 is 0 Å². The third kappa shape index (κ3) is 2.40. The minimum atomic E-state index is -0.0112. The van der Waals surface area contributed by atoms with Crippen LogP contribution in [0.4, 0.5) is 0 Å². The Morgan fingerprint density at radius 1 is 1.26 bits per heavy atom. The molecule has 1 saturated heterocycles. The third-order valence-corrected chi connectivity index (χ3v) is 5.89. The number of rotatable bonds is 2. The quantitative estimate of drug-likeness (QED) is 0.848. The summed E-state index contributed by atoms with van der Waals surface area (Å²) >= 11 is 0. The Kier molecular flexibility index (Phi) is 4.46. The molecule has 3 nitrogen and oxygen atoms in total. The van der Waals surface area contributed by atoms with Gasteiger partial charge in [0.15, 0.2) is 0 Å². The number of carbonyl (C=O) groups is 1. The molecule has 2 saturated carbocycles. The van der Waals surface area contributed by atoms with Gasteiger partial charge in [0.1, 0.15) is 0 Å². The van der Waals surface area contributed by atoms with Gasteiger partial charge < -0.3 is 10.6 Å². The summed E-state index contributed by atoms with van der Waals surface area (Å²) in [6.45, 7) is 4.11. The van der Waals surface area contributed by atoms with Gasteiger partial charge in [0.25, 0.3) is 0 Å². The second-order valence-electron chi connectivity index (χ2n) is 6.72. The molecule has 2 N–H and O–H groups in total. The highest BCUT2D eigenvalue weighted by molar-refractivity contribution is 5.85. The highest BCUT2D eigenvalue weighted by atomic mass is 35.5. The molecule has 0 aromatic rings. The van der Waals surface area contributed by atoms with E-state index in [1.807, 2.05) is 0 Å². The Labute approximate surface area is 122 Å². The van der Waals surface area contributed by atoms with Crippen LogP contribution in [0.2, 0.25) is 0 Å². The van der Waals surface area contributed by atoms with Crippen molar-refractivity contribution in [2.75, 3.05) is 13.1 Å². The van der Waals surface area contributed by atoms with Gasteiger partial charge in [0, 0.05) is 24.5 Å². The number of carbonyl (C=O) groups excluding carboxylic acids is 1. The van der Waals surface area contributed by atoms with Crippen LogP contribution in [0.25, 0.3) is 0 Å². The molecule has 3 unspecified atom stereocenters. The van der Waals surface area contributed by atoms with E-state index in [-0.39, 0.29) is 17.8 Å². The van der Waals surface area contributed by atoms with Crippen molar-refractivity contribution >= 4 is 18.3 Å². The second-order valence-corrected chi connectivity index (χ2v) is 6.72. The number of amides is 1. The van der Waals surface area contributed by atoms with Crippen LogP contribution < -0.4 is 5.73 Å². The molecular formula is C15H27ClN2O. The Balaban J connectivity index is 0.00000133. The summed E-state index contributed by atoms with van der Waals surface area (Å²) in [4.78, 5) is 15.0. The van der Waals surface area contributed by atoms with E-state index in [9.17, 15) is 4.79 Å². The third-order valence-electron chi connectivity index (χ3n) is 5.89. The first kappa shape index (κ1) is 15.1. The van der Waals surface area contributed by atoms with Gasteiger partial charge in [0.2, 0.25) is 5.91 Å². The van der Waals surface area contributed by atoms with Crippen LogP contribution in [0.1, 0.15) is 51.9 Å². The Morgan fingerprint density at radius 2 is 1.95 bits per heavy atom. The summed E-state index contributed by atoms with van der Waals surface area (Å²) in [5, 5.41) is 0. The molecule has 19 heavy (non-hydrogen) atoms. The fraction of sp³-hybridized carbons (Fsp3) is 0.933. The zero-order valence-corrected chi connectivity index (χ0v) is 12.8. The molecule has 3 aliphatic rings. The predicted octanol–water partition coefficient (Wildman–Crippen LogP) is 2.57. The summed E-state index contributed by atoms with van der Waals surface area (Å²) in [7, 11) is 0. The maximum Gasteiger partial charge on any atom is 0.228 e. The van der Waals surface area contributed by atoms with Crippen molar-refractivity contribution in [2.24, 2.45) is 23.0 Å². The van der Waals surface area contributed by atoms with E-state index in [0.29, 0.717) is 23.8 Å². The highest BCUT2D eigenvalue weighted by Crippen LogP contribution is 2.45. The first-order valence-electron chi connectivity index (χ1n) is 7.71. The average Bonchev–Trinajstić information content (AvgIpc) is 3.06. The molecule has 110 valence electrons. The molecule has 3 fully saturated rings. The monoisotopic (exact) mass is 286 g/mol. The van der Waals surface area contributed by atoms with Crippen LogP contribution in [0, 0.1) is 17.3 Å². The fourth-order valence-corrected chi connectivity index (χ4v) is 4.58. The minimum Gasteiger partial charge on any atom is -0.342 e. The Hall–Kier alpha value is -0.280. The first-order chi connectivity index (χ1) is 8.66. The van der Waals surface area contributed by atoms with Crippen molar-refractivity contribution in [2.45, 2.75) is 57.9 Å². The largest absolute Gasteiger partial charge is 0.342 e. The van der Waals surface area contributed by atoms with Crippen molar-refractivity contribution in [3.8, 4) is 0 Å². The topological polar surface area (TPSA) is 46.3 Å². The van der Waals surface area contributed by atoms with Crippen LogP contribution in [0.3, 0.4) is 0 Å². The molecule has 1 amide bonds. The molecule has 4 heteroatoms. The van der Waals surface area contributed by atoms with Gasteiger partial charge in [-0.1, -0.05) is 19.8 Å². The summed E-state index contributed by atoms with van der Waals surface area (Å²) < 4.78 is 0. The lowest BCUT2D eigenvalue weighted by Gasteiger charge is -2.32. The van der Waals surface area contributed by atoms with E-state index in [4.69, 9.17) is 5.73 Å². The molecule has 0 radical (unpaired) electrons. The minimum absolute atomic E-state index is 0. The van der Waals surface area contributed by atoms with E-state index in [2.05, 4.69) is 11.8 Å². The van der Waals surface area contributed by atoms with Crippen LogP contribution >= 0.6 is 12.4 Å². The SMILES string of the molecule is CCC1(C(=O)N2CC3CCC(N)C3C2)CCCC1.Cl. The predicted molar refractivity (Wildman–Crippen MR) is 79.2 cm³/mol. The van der Waals surface area contributed by atoms with Crippen LogP contribution in [0.5, 0.6) is 0 Å². The number of halogens is 1. The van der Waals surface area contributed by atoms with Crippen molar-refractivity contribution in [3.63, 3.8) is 0 Å². The lowest BCUT2D eigenvalue weighted by atomic mass is 9.82. The van der Waals surface area contributed by atoms with Crippen LogP contribution in [0.15, 0.2) is 0 Å². The molecule has 0 aromatic heterocycles. The average molecular weight is 287 g/mol. The van der Waals surface area contributed by atoms with Crippen LogP contribution in [-0.4, -0.2) is 29.9 Å². The normalized spacial score (nSPS) is 36.1. The van der Waals surface area contributed by atoms with E-state index in [1.54, 1.807) is 0 Å².